The number of hydrogen-bond donors (Lipinski definition) is 0. The van der Waals surface area contributed by atoms with Gasteiger partial charge in [0.2, 0.25) is 0 Å². The Hall–Kier alpha value is -3.85. The minimum absolute atomic E-state index is 0.0340. The average molecular weight is 506 g/mol. The van der Waals surface area contributed by atoms with Crippen molar-refractivity contribution in [3.05, 3.63) is 98.2 Å². The Morgan fingerprint density at radius 2 is 1.89 bits per heavy atom. The molecule has 9 heteroatoms. The minimum atomic E-state index is -0.410. The maximum atomic E-state index is 13.0. The number of thioether (sulfide) groups is 1. The highest BCUT2D eigenvalue weighted by molar-refractivity contribution is 8.18. The van der Waals surface area contributed by atoms with Crippen molar-refractivity contribution in [1.29, 1.82) is 0 Å². The molecule has 3 aromatic rings. The topological polar surface area (TPSA) is 94.7 Å². The third kappa shape index (κ3) is 5.52. The van der Waals surface area contributed by atoms with Crippen LogP contribution in [0.25, 0.3) is 6.08 Å². The Balaban J connectivity index is 1.45. The standard InChI is InChI=1S/C27H27N3O5S/c1-18(2)22-11-10-19(3)15-24(22)35-14-13-29-26(31)25(36-27(29)32)16-21-8-6-12-28(21)17-20-7-4-5-9-23(20)30(33)34/h4-12,15-16,18H,13-14,17H2,1-3H3/b25-16-. The van der Waals surface area contributed by atoms with E-state index < -0.39 is 4.92 Å². The summed E-state index contributed by atoms with van der Waals surface area (Å²) < 4.78 is 7.77. The maximum Gasteiger partial charge on any atom is 0.293 e. The molecule has 0 N–H and O–H groups in total. The molecular formula is C27H27N3O5S. The Kier molecular flexibility index (Phi) is 7.59. The van der Waals surface area contributed by atoms with Gasteiger partial charge < -0.3 is 9.30 Å². The Labute approximate surface area is 213 Å². The highest BCUT2D eigenvalue weighted by atomic mass is 32.2. The van der Waals surface area contributed by atoms with Gasteiger partial charge in [0.25, 0.3) is 16.8 Å². The lowest BCUT2D eigenvalue weighted by atomic mass is 10.0. The van der Waals surface area contributed by atoms with Crippen LogP contribution in [0.5, 0.6) is 5.75 Å². The first-order chi connectivity index (χ1) is 17.2. The van der Waals surface area contributed by atoms with Crippen LogP contribution in [0.4, 0.5) is 10.5 Å². The molecule has 1 saturated heterocycles. The molecule has 2 aromatic carbocycles. The summed E-state index contributed by atoms with van der Waals surface area (Å²) in [6.07, 6.45) is 3.44. The number of aryl methyl sites for hydroxylation is 1. The zero-order chi connectivity index (χ0) is 25.8. The first-order valence-corrected chi connectivity index (χ1v) is 12.4. The fourth-order valence-corrected chi connectivity index (χ4v) is 4.88. The summed E-state index contributed by atoms with van der Waals surface area (Å²) in [5.74, 6) is 0.676. The van der Waals surface area contributed by atoms with Crippen LogP contribution >= 0.6 is 11.8 Å². The van der Waals surface area contributed by atoms with Gasteiger partial charge in [0.15, 0.2) is 0 Å². The molecule has 0 saturated carbocycles. The molecular weight excluding hydrogens is 478 g/mol. The molecule has 8 nitrogen and oxygen atoms in total. The van der Waals surface area contributed by atoms with Crippen molar-refractivity contribution in [2.24, 2.45) is 0 Å². The van der Waals surface area contributed by atoms with Crippen LogP contribution in [0.15, 0.2) is 65.7 Å². The number of nitrogens with zero attached hydrogens (tertiary/aromatic N) is 3. The number of rotatable bonds is 9. The van der Waals surface area contributed by atoms with Gasteiger partial charge in [-0.25, -0.2) is 0 Å². The molecule has 2 heterocycles. The Morgan fingerprint density at radius 3 is 2.64 bits per heavy atom. The van der Waals surface area contributed by atoms with Crippen molar-refractivity contribution < 1.29 is 19.2 Å². The van der Waals surface area contributed by atoms with Gasteiger partial charge in [0.05, 0.1) is 22.9 Å². The number of hydrogen-bond acceptors (Lipinski definition) is 6. The second-order valence-electron chi connectivity index (χ2n) is 8.82. The van der Waals surface area contributed by atoms with Gasteiger partial charge in [-0.1, -0.05) is 44.2 Å². The Morgan fingerprint density at radius 1 is 1.11 bits per heavy atom. The smallest absolute Gasteiger partial charge is 0.293 e. The molecule has 36 heavy (non-hydrogen) atoms. The largest absolute Gasteiger partial charge is 0.491 e. The van der Waals surface area contributed by atoms with Gasteiger partial charge in [-0.05, 0) is 60.0 Å². The van der Waals surface area contributed by atoms with Gasteiger partial charge in [-0.15, -0.1) is 0 Å². The molecule has 1 aromatic heterocycles. The summed E-state index contributed by atoms with van der Waals surface area (Å²) in [6.45, 7) is 6.77. The highest BCUT2D eigenvalue weighted by Gasteiger charge is 2.35. The molecule has 0 spiro atoms. The number of amides is 2. The van der Waals surface area contributed by atoms with E-state index in [9.17, 15) is 19.7 Å². The predicted octanol–water partition coefficient (Wildman–Crippen LogP) is 5.99. The number of aromatic nitrogens is 1. The molecule has 0 aliphatic carbocycles. The third-order valence-electron chi connectivity index (χ3n) is 5.91. The van der Waals surface area contributed by atoms with Crippen LogP contribution in [-0.4, -0.2) is 38.7 Å². The monoisotopic (exact) mass is 505 g/mol. The van der Waals surface area contributed by atoms with Gasteiger partial charge in [0, 0.05) is 23.5 Å². The van der Waals surface area contributed by atoms with Crippen LogP contribution in [-0.2, 0) is 11.3 Å². The maximum absolute atomic E-state index is 13.0. The van der Waals surface area contributed by atoms with Crippen molar-refractivity contribution >= 4 is 34.7 Å². The van der Waals surface area contributed by atoms with Crippen molar-refractivity contribution in [2.75, 3.05) is 13.2 Å². The zero-order valence-corrected chi connectivity index (χ0v) is 21.2. The first kappa shape index (κ1) is 25.2. The molecule has 4 rings (SSSR count). The second kappa shape index (κ2) is 10.8. The molecule has 2 amide bonds. The quantitative estimate of drug-likeness (QED) is 0.201. The minimum Gasteiger partial charge on any atom is -0.491 e. The molecule has 1 aliphatic heterocycles. The number of para-hydroxylation sites is 1. The van der Waals surface area contributed by atoms with Crippen LogP contribution in [0.3, 0.4) is 0 Å². The van der Waals surface area contributed by atoms with E-state index >= 15 is 0 Å². The van der Waals surface area contributed by atoms with Crippen molar-refractivity contribution in [2.45, 2.75) is 33.2 Å². The summed E-state index contributed by atoms with van der Waals surface area (Å²) in [5.41, 5.74) is 3.42. The zero-order valence-electron chi connectivity index (χ0n) is 20.3. The molecule has 186 valence electrons. The fraction of sp³-hybridized carbons (Fsp3) is 0.259. The summed E-state index contributed by atoms with van der Waals surface area (Å²) in [6, 6.07) is 16.2. The SMILES string of the molecule is Cc1ccc(C(C)C)c(OCCN2C(=O)S/C(=C\c3cccn3Cc3ccccc3[N+](=O)[O-])C2=O)c1. The summed E-state index contributed by atoms with van der Waals surface area (Å²) in [4.78, 5) is 38.0. The van der Waals surface area contributed by atoms with E-state index in [0.29, 0.717) is 16.2 Å². The van der Waals surface area contributed by atoms with E-state index in [1.54, 1.807) is 42.6 Å². The number of imide groups is 1. The lowest BCUT2D eigenvalue weighted by molar-refractivity contribution is -0.385. The normalized spacial score (nSPS) is 14.8. The predicted molar refractivity (Wildman–Crippen MR) is 140 cm³/mol. The van der Waals surface area contributed by atoms with Crippen molar-refractivity contribution in [3.63, 3.8) is 0 Å². The number of nitro groups is 1. The number of carbonyl (C=O) groups excluding carboxylic acids is 2. The summed E-state index contributed by atoms with van der Waals surface area (Å²) >= 11 is 0.881. The molecule has 0 radical (unpaired) electrons. The van der Waals surface area contributed by atoms with Crippen molar-refractivity contribution in [1.82, 2.24) is 9.47 Å². The summed E-state index contributed by atoms with van der Waals surface area (Å²) in [7, 11) is 0. The number of nitro benzene ring substituents is 1. The van der Waals surface area contributed by atoms with E-state index in [1.807, 2.05) is 29.7 Å². The van der Waals surface area contributed by atoms with Gasteiger partial charge in [0.1, 0.15) is 12.4 Å². The van der Waals surface area contributed by atoms with E-state index in [2.05, 4.69) is 13.8 Å². The molecule has 0 unspecified atom stereocenters. The number of ether oxygens (including phenoxy) is 1. The fourth-order valence-electron chi connectivity index (χ4n) is 4.03. The molecule has 1 aliphatic rings. The van der Waals surface area contributed by atoms with Gasteiger partial charge >= 0.3 is 0 Å². The van der Waals surface area contributed by atoms with E-state index in [4.69, 9.17) is 4.74 Å². The van der Waals surface area contributed by atoms with Gasteiger partial charge in [-0.3, -0.25) is 24.6 Å². The van der Waals surface area contributed by atoms with E-state index in [0.717, 1.165) is 28.6 Å². The second-order valence-corrected chi connectivity index (χ2v) is 9.82. The number of carbonyl (C=O) groups is 2. The lowest BCUT2D eigenvalue weighted by Gasteiger charge is -2.17. The average Bonchev–Trinajstić information content (AvgIpc) is 3.37. The summed E-state index contributed by atoms with van der Waals surface area (Å²) in [5, 5.41) is 11.0. The van der Waals surface area contributed by atoms with Crippen molar-refractivity contribution in [3.8, 4) is 5.75 Å². The van der Waals surface area contributed by atoms with Crippen LogP contribution in [0.1, 0.15) is 42.1 Å². The molecule has 0 atom stereocenters. The van der Waals surface area contributed by atoms with Crippen LogP contribution < -0.4 is 4.74 Å². The Bertz CT molecular complexity index is 1340. The van der Waals surface area contributed by atoms with Gasteiger partial charge in [-0.2, -0.15) is 0 Å². The highest BCUT2D eigenvalue weighted by Crippen LogP contribution is 2.33. The van der Waals surface area contributed by atoms with E-state index in [1.165, 1.54) is 11.0 Å². The number of benzene rings is 2. The van der Waals surface area contributed by atoms with E-state index in [-0.39, 0.29) is 42.4 Å². The van der Waals surface area contributed by atoms with Crippen LogP contribution in [0.2, 0.25) is 0 Å². The lowest BCUT2D eigenvalue weighted by Crippen LogP contribution is -2.32. The first-order valence-electron chi connectivity index (χ1n) is 11.6. The third-order valence-corrected chi connectivity index (χ3v) is 6.82. The van der Waals surface area contributed by atoms with Crippen LogP contribution in [0, 0.1) is 17.0 Å². The molecule has 1 fully saturated rings. The molecule has 0 bridgehead atoms.